The normalized spacial score (nSPS) is 9.25. The van der Waals surface area contributed by atoms with Gasteiger partial charge >= 0.3 is 70.8 Å². The standard InChI is InChI=1S/C6H4Br.Sn/c7-6-4-2-1-3-5-6;/h1-4H;. The Morgan fingerprint density at radius 1 is 1.25 bits per heavy atom. The molecule has 0 amide bonds. The van der Waals surface area contributed by atoms with Gasteiger partial charge in [0, 0.05) is 0 Å². The molecule has 1 aromatic carbocycles. The molecule has 39 valence electrons. The van der Waals surface area contributed by atoms with Crippen LogP contribution in [0.4, 0.5) is 0 Å². The van der Waals surface area contributed by atoms with Crippen molar-refractivity contribution in [1.29, 1.82) is 0 Å². The summed E-state index contributed by atoms with van der Waals surface area (Å²) in [5.41, 5.74) is 0. The van der Waals surface area contributed by atoms with Gasteiger partial charge in [0.1, 0.15) is 0 Å². The zero-order valence-electron chi connectivity index (χ0n) is 4.19. The van der Waals surface area contributed by atoms with Crippen molar-refractivity contribution in [2.45, 2.75) is 0 Å². The van der Waals surface area contributed by atoms with Crippen LogP contribution in [0.1, 0.15) is 0 Å². The van der Waals surface area contributed by atoms with Crippen molar-refractivity contribution in [2.24, 2.45) is 0 Å². The third kappa shape index (κ3) is 1.49. The molecule has 1 aromatic rings. The summed E-state index contributed by atoms with van der Waals surface area (Å²) in [4.78, 5) is 0. The zero-order chi connectivity index (χ0) is 5.98. The maximum absolute atomic E-state index is 3.42. The first-order chi connectivity index (χ1) is 3.80. The van der Waals surface area contributed by atoms with E-state index in [0.29, 0.717) is 0 Å². The molecular weight excluding hydrogens is 271 g/mol. The molecule has 0 bridgehead atoms. The molecule has 0 aromatic heterocycles. The quantitative estimate of drug-likeness (QED) is 0.625. The molecule has 8 heavy (non-hydrogen) atoms. The number of halogens is 1. The van der Waals surface area contributed by atoms with E-state index >= 15 is 0 Å². The molecule has 0 unspecified atom stereocenters. The first-order valence-corrected chi connectivity index (χ1v) is 4.49. The van der Waals surface area contributed by atoms with Crippen molar-refractivity contribution in [3.8, 4) is 0 Å². The molecule has 0 nitrogen and oxygen atoms in total. The van der Waals surface area contributed by atoms with Gasteiger partial charge in [-0.15, -0.1) is 0 Å². The summed E-state index contributed by atoms with van der Waals surface area (Å²) in [7, 11) is 0. The van der Waals surface area contributed by atoms with Gasteiger partial charge in [0.25, 0.3) is 0 Å². The Bertz CT molecular complexity index is 165. The van der Waals surface area contributed by atoms with E-state index in [1.54, 1.807) is 0 Å². The van der Waals surface area contributed by atoms with Gasteiger partial charge in [-0.05, 0) is 0 Å². The van der Waals surface area contributed by atoms with Gasteiger partial charge in [-0.2, -0.15) is 0 Å². The maximum atomic E-state index is 3.42. The van der Waals surface area contributed by atoms with Crippen LogP contribution in [0.2, 0.25) is 0 Å². The number of hydrogen-bond donors (Lipinski definition) is 0. The Balaban J connectivity index is 3.13. The van der Waals surface area contributed by atoms with Crippen LogP contribution < -0.4 is 3.58 Å². The molecule has 1 rings (SSSR count). The molecule has 0 N–H and O–H groups in total. The van der Waals surface area contributed by atoms with E-state index in [4.69, 9.17) is 0 Å². The monoisotopic (exact) mass is 275 g/mol. The fourth-order valence-electron chi connectivity index (χ4n) is 0.461. The van der Waals surface area contributed by atoms with Gasteiger partial charge in [0.05, 0.1) is 0 Å². The average Bonchev–Trinajstić information content (AvgIpc) is 1.77. The fraction of sp³-hybridized carbons (Fsp3) is 0. The first-order valence-electron chi connectivity index (χ1n) is 2.27. The van der Waals surface area contributed by atoms with E-state index in [2.05, 4.69) is 34.1 Å². The molecule has 0 aliphatic carbocycles. The minimum absolute atomic E-state index is 1.22. The summed E-state index contributed by atoms with van der Waals surface area (Å²) >= 11 is 4.88. The predicted molar refractivity (Wildman–Crippen MR) is 39.5 cm³/mol. The molecule has 0 saturated heterocycles. The minimum atomic E-state index is 1.22. The molecule has 0 aliphatic heterocycles. The van der Waals surface area contributed by atoms with Crippen LogP contribution in [-0.4, -0.2) is 22.5 Å². The van der Waals surface area contributed by atoms with E-state index in [1.807, 2.05) is 6.07 Å². The average molecular weight is 275 g/mol. The number of rotatable bonds is 0. The van der Waals surface area contributed by atoms with E-state index in [-0.39, 0.29) is 0 Å². The Morgan fingerprint density at radius 2 is 1.88 bits per heavy atom. The molecule has 3 radical (unpaired) electrons. The molecule has 0 aliphatic rings. The number of hydrogen-bond acceptors (Lipinski definition) is 0. The second kappa shape index (κ2) is 2.87. The summed E-state index contributed by atoms with van der Waals surface area (Å²) in [5.74, 6) is 0. The van der Waals surface area contributed by atoms with Crippen LogP contribution >= 0.6 is 15.9 Å². The van der Waals surface area contributed by atoms with Gasteiger partial charge in [0.15, 0.2) is 0 Å². The Kier molecular flexibility index (Phi) is 2.38. The first kappa shape index (κ1) is 6.62. The molecule has 2 heteroatoms. The van der Waals surface area contributed by atoms with Gasteiger partial charge in [-0.1, -0.05) is 0 Å². The molecule has 0 heterocycles. The van der Waals surface area contributed by atoms with Crippen molar-refractivity contribution in [2.75, 3.05) is 0 Å². The summed E-state index contributed by atoms with van der Waals surface area (Å²) < 4.78 is 2.60. The molecule has 0 atom stereocenters. The topological polar surface area (TPSA) is 0 Å². The molecule has 0 saturated carbocycles. The van der Waals surface area contributed by atoms with Gasteiger partial charge in [0.2, 0.25) is 0 Å². The summed E-state index contributed by atoms with van der Waals surface area (Å²) in [6.45, 7) is 0. The van der Waals surface area contributed by atoms with E-state index in [1.165, 1.54) is 30.6 Å². The second-order valence-electron chi connectivity index (χ2n) is 1.48. The van der Waals surface area contributed by atoms with Crippen LogP contribution in [-0.2, 0) is 0 Å². The van der Waals surface area contributed by atoms with Crippen LogP contribution in [0.3, 0.4) is 0 Å². The van der Waals surface area contributed by atoms with Crippen molar-refractivity contribution in [3.05, 3.63) is 28.7 Å². The summed E-state index contributed by atoms with van der Waals surface area (Å²) in [5, 5.41) is 0. The molecular formula is C6H4BrSn. The number of benzene rings is 1. The molecule has 0 spiro atoms. The third-order valence-corrected chi connectivity index (χ3v) is 3.85. The van der Waals surface area contributed by atoms with Crippen LogP contribution in [0, 0.1) is 0 Å². The summed E-state index contributed by atoms with van der Waals surface area (Å²) in [6.07, 6.45) is 0. The van der Waals surface area contributed by atoms with Crippen LogP contribution in [0.25, 0.3) is 0 Å². The van der Waals surface area contributed by atoms with Gasteiger partial charge < -0.3 is 0 Å². The van der Waals surface area contributed by atoms with Crippen molar-refractivity contribution >= 4 is 42.0 Å². The zero-order valence-corrected chi connectivity index (χ0v) is 8.63. The van der Waals surface area contributed by atoms with Crippen molar-refractivity contribution < 1.29 is 0 Å². The van der Waals surface area contributed by atoms with E-state index in [0.717, 1.165) is 0 Å². The van der Waals surface area contributed by atoms with Gasteiger partial charge in [-0.25, -0.2) is 0 Å². The van der Waals surface area contributed by atoms with E-state index in [9.17, 15) is 0 Å². The Morgan fingerprint density at radius 3 is 2.25 bits per heavy atom. The Labute approximate surface area is 70.5 Å². The third-order valence-electron chi connectivity index (χ3n) is 0.874. The van der Waals surface area contributed by atoms with E-state index < -0.39 is 0 Å². The van der Waals surface area contributed by atoms with Gasteiger partial charge in [-0.3, -0.25) is 0 Å². The van der Waals surface area contributed by atoms with Crippen molar-refractivity contribution in [3.63, 3.8) is 0 Å². The fourth-order valence-corrected chi connectivity index (χ4v) is 1.26. The predicted octanol–water partition coefficient (Wildman–Crippen LogP) is 1.24. The second-order valence-corrected chi connectivity index (χ2v) is 3.87. The Hall–Kier alpha value is 0.499. The summed E-state index contributed by atoms with van der Waals surface area (Å²) in [6, 6.07) is 8.25. The van der Waals surface area contributed by atoms with Crippen LogP contribution in [0.5, 0.6) is 0 Å². The molecule has 0 fully saturated rings. The van der Waals surface area contributed by atoms with Crippen molar-refractivity contribution in [1.82, 2.24) is 0 Å². The SMILES string of the molecule is Brc1cccc[c]1[Sn]. The van der Waals surface area contributed by atoms with Crippen LogP contribution in [0.15, 0.2) is 28.7 Å².